The summed E-state index contributed by atoms with van der Waals surface area (Å²) in [5, 5.41) is 6.17. The predicted octanol–water partition coefficient (Wildman–Crippen LogP) is 6.31. The monoisotopic (exact) mass is 756 g/mol. The third kappa shape index (κ3) is 8.86. The van der Waals surface area contributed by atoms with Crippen LogP contribution in [0.2, 0.25) is 0 Å². The van der Waals surface area contributed by atoms with E-state index in [2.05, 4.69) is 30.5 Å². The van der Waals surface area contributed by atoms with Gasteiger partial charge in [-0.3, -0.25) is 9.52 Å². The normalized spacial score (nSPS) is 16.5. The summed E-state index contributed by atoms with van der Waals surface area (Å²) in [5.41, 5.74) is 5.56. The molecule has 4 N–H and O–H groups in total. The Morgan fingerprint density at radius 1 is 0.923 bits per heavy atom. The summed E-state index contributed by atoms with van der Waals surface area (Å²) in [6.45, 7) is 6.31. The zero-order valence-electron chi connectivity index (χ0n) is 28.1. The highest BCUT2D eigenvalue weighted by atomic mass is 32.2. The lowest BCUT2D eigenvalue weighted by atomic mass is 9.86. The number of halogens is 3. The van der Waals surface area contributed by atoms with Crippen molar-refractivity contribution in [2.24, 2.45) is 0 Å². The standard InChI is InChI=1S/C34H34N4O5S2.C2HF3O2/c1-34(2,3)27-10-7-11-28-32(27)36-33(35-28)29(20-22-12-14-25(15-13-22)30-21-31(39)38-45(30,42)43)37-44(40,41)26-18-16-24(17-19-26)23-8-5-4-6-9-23;3-2(4,5)1(6)7/h4-19,29-30,37H,20-21H2,1-3H3,(H,35,36)(H,38,39);(H,6,7)/t29-,30?;/m0./s1. The molecule has 0 aliphatic carbocycles. The van der Waals surface area contributed by atoms with Crippen LogP contribution in [-0.2, 0) is 41.5 Å². The zero-order valence-corrected chi connectivity index (χ0v) is 29.7. The average Bonchev–Trinajstić information content (AvgIpc) is 3.63. The quantitative estimate of drug-likeness (QED) is 0.142. The highest BCUT2D eigenvalue weighted by Gasteiger charge is 2.39. The summed E-state index contributed by atoms with van der Waals surface area (Å²) in [4.78, 5) is 29.0. The van der Waals surface area contributed by atoms with Crippen LogP contribution in [0.4, 0.5) is 13.2 Å². The van der Waals surface area contributed by atoms with Crippen molar-refractivity contribution in [3.63, 3.8) is 0 Å². The summed E-state index contributed by atoms with van der Waals surface area (Å²) in [5.74, 6) is -2.83. The van der Waals surface area contributed by atoms with E-state index in [4.69, 9.17) is 14.9 Å². The number of amides is 1. The van der Waals surface area contributed by atoms with Crippen molar-refractivity contribution in [2.75, 3.05) is 0 Å². The maximum absolute atomic E-state index is 13.8. The van der Waals surface area contributed by atoms with Gasteiger partial charge < -0.3 is 10.1 Å². The molecule has 1 aliphatic rings. The van der Waals surface area contributed by atoms with E-state index in [0.717, 1.165) is 33.3 Å². The number of H-pyrrole nitrogens is 1. The fourth-order valence-electron chi connectivity index (χ4n) is 5.68. The van der Waals surface area contributed by atoms with Crippen molar-refractivity contribution in [3.05, 3.63) is 120 Å². The third-order valence-corrected chi connectivity index (χ3v) is 11.5. The average molecular weight is 757 g/mol. The molecule has 0 saturated carbocycles. The number of para-hydroxylation sites is 1. The molecule has 16 heteroatoms. The second-order valence-electron chi connectivity index (χ2n) is 13.1. The van der Waals surface area contributed by atoms with Gasteiger partial charge in [-0.2, -0.15) is 13.2 Å². The van der Waals surface area contributed by atoms with Crippen molar-refractivity contribution in [1.29, 1.82) is 0 Å². The molecule has 0 radical (unpaired) electrons. The van der Waals surface area contributed by atoms with Gasteiger partial charge >= 0.3 is 12.1 Å². The molecule has 1 unspecified atom stereocenters. The topological polar surface area (TPSA) is 175 Å². The van der Waals surface area contributed by atoms with Crippen molar-refractivity contribution in [1.82, 2.24) is 19.4 Å². The van der Waals surface area contributed by atoms with Gasteiger partial charge in [0.25, 0.3) is 0 Å². The first-order valence-electron chi connectivity index (χ1n) is 15.8. The summed E-state index contributed by atoms with van der Waals surface area (Å²) in [6.07, 6.45) is -4.98. The van der Waals surface area contributed by atoms with Crippen LogP contribution in [0.5, 0.6) is 0 Å². The van der Waals surface area contributed by atoms with E-state index in [0.29, 0.717) is 11.4 Å². The fraction of sp³-hybridized carbons (Fsp3) is 0.250. The number of aromatic nitrogens is 2. The molecule has 4 aromatic carbocycles. The van der Waals surface area contributed by atoms with Crippen LogP contribution in [0.15, 0.2) is 102 Å². The van der Waals surface area contributed by atoms with Gasteiger partial charge in [-0.1, -0.05) is 99.6 Å². The van der Waals surface area contributed by atoms with E-state index in [1.54, 1.807) is 48.5 Å². The Labute approximate surface area is 298 Å². The van der Waals surface area contributed by atoms with Crippen molar-refractivity contribution >= 4 is 43.0 Å². The summed E-state index contributed by atoms with van der Waals surface area (Å²) in [7, 11) is -7.76. The highest BCUT2D eigenvalue weighted by molar-refractivity contribution is 7.90. The number of rotatable bonds is 8. The molecule has 1 saturated heterocycles. The van der Waals surface area contributed by atoms with Gasteiger partial charge in [-0.25, -0.2) is 31.3 Å². The van der Waals surface area contributed by atoms with Crippen molar-refractivity contribution in [3.8, 4) is 11.1 Å². The smallest absolute Gasteiger partial charge is 0.475 e. The first-order chi connectivity index (χ1) is 24.2. The molecule has 11 nitrogen and oxygen atoms in total. The molecule has 0 spiro atoms. The molecule has 52 heavy (non-hydrogen) atoms. The number of aliphatic carboxylic acids is 1. The Morgan fingerprint density at radius 3 is 2.06 bits per heavy atom. The van der Waals surface area contributed by atoms with E-state index in [1.807, 2.05) is 53.3 Å². The molecule has 1 amide bonds. The number of imidazole rings is 1. The molecule has 274 valence electrons. The molecular formula is C36H35F3N4O7S2. The van der Waals surface area contributed by atoms with Gasteiger partial charge in [0.05, 0.1) is 28.4 Å². The van der Waals surface area contributed by atoms with Crippen LogP contribution < -0.4 is 9.44 Å². The Kier molecular flexibility index (Phi) is 10.7. The minimum absolute atomic E-state index is 0.123. The molecular weight excluding hydrogens is 722 g/mol. The van der Waals surface area contributed by atoms with Crippen molar-refractivity contribution < 1.29 is 44.7 Å². The van der Waals surface area contributed by atoms with E-state index < -0.39 is 49.4 Å². The Bertz CT molecular complexity index is 2300. The van der Waals surface area contributed by atoms with Crippen molar-refractivity contribution in [2.45, 2.75) is 61.4 Å². The number of hydrogen-bond donors (Lipinski definition) is 4. The largest absolute Gasteiger partial charge is 0.490 e. The number of nitrogens with zero attached hydrogens (tertiary/aromatic N) is 1. The number of carbonyl (C=O) groups excluding carboxylic acids is 1. The van der Waals surface area contributed by atoms with Gasteiger partial charge in [-0.05, 0) is 57.9 Å². The Hall–Kier alpha value is -5.06. The second kappa shape index (κ2) is 14.5. The number of carboxylic acids is 1. The van der Waals surface area contributed by atoms with Gasteiger partial charge in [0, 0.05) is 0 Å². The minimum atomic E-state index is -5.08. The van der Waals surface area contributed by atoms with Crippen LogP contribution in [0.25, 0.3) is 22.2 Å². The van der Waals surface area contributed by atoms with Crippen LogP contribution >= 0.6 is 0 Å². The number of carboxylic acid groups (broad SMARTS) is 1. The molecule has 1 aliphatic heterocycles. The van der Waals surface area contributed by atoms with Gasteiger partial charge in [0.2, 0.25) is 26.0 Å². The summed E-state index contributed by atoms with van der Waals surface area (Å²) < 4.78 is 88.9. The number of fused-ring (bicyclic) bond motifs is 1. The second-order valence-corrected chi connectivity index (χ2v) is 16.7. The zero-order chi connectivity index (χ0) is 38.1. The molecule has 6 rings (SSSR count). The van der Waals surface area contributed by atoms with E-state index in [1.165, 1.54) is 0 Å². The molecule has 2 heterocycles. The number of hydrogen-bond acceptors (Lipinski definition) is 7. The van der Waals surface area contributed by atoms with Gasteiger partial charge in [0.15, 0.2) is 0 Å². The maximum atomic E-state index is 13.8. The third-order valence-electron chi connectivity index (χ3n) is 8.27. The van der Waals surface area contributed by atoms with Crippen LogP contribution in [-0.4, -0.2) is 50.0 Å². The first kappa shape index (κ1) is 38.2. The number of carbonyl (C=O) groups is 2. The molecule has 2 atom stereocenters. The molecule has 1 fully saturated rings. The number of sulfonamides is 2. The molecule has 1 aromatic heterocycles. The number of alkyl halides is 3. The number of benzene rings is 4. The molecule has 5 aromatic rings. The SMILES string of the molecule is CC(C)(C)c1cccc2[nH]c([C@H](Cc3ccc(C4CC(=O)NS4(=O)=O)cc3)NS(=O)(=O)c3ccc(-c4ccccc4)cc3)nc12.O=C(O)C(F)(F)F. The Balaban J connectivity index is 0.000000679. The van der Waals surface area contributed by atoms with Crippen LogP contribution in [0.3, 0.4) is 0 Å². The lowest BCUT2D eigenvalue weighted by Crippen LogP contribution is -2.31. The predicted molar refractivity (Wildman–Crippen MR) is 188 cm³/mol. The van der Waals surface area contributed by atoms with E-state index in [9.17, 15) is 34.8 Å². The summed E-state index contributed by atoms with van der Waals surface area (Å²) >= 11 is 0. The van der Waals surface area contributed by atoms with E-state index in [-0.39, 0.29) is 23.2 Å². The maximum Gasteiger partial charge on any atom is 0.490 e. The Morgan fingerprint density at radius 2 is 1.52 bits per heavy atom. The van der Waals surface area contributed by atoms with Gasteiger partial charge in [-0.15, -0.1) is 0 Å². The van der Waals surface area contributed by atoms with Crippen LogP contribution in [0, 0.1) is 0 Å². The number of aromatic amines is 1. The fourth-order valence-corrected chi connectivity index (χ4v) is 8.31. The van der Waals surface area contributed by atoms with Gasteiger partial charge in [0.1, 0.15) is 11.1 Å². The number of nitrogens with one attached hydrogen (secondary N) is 3. The van der Waals surface area contributed by atoms with Crippen LogP contribution in [0.1, 0.15) is 61.0 Å². The minimum Gasteiger partial charge on any atom is -0.475 e. The summed E-state index contributed by atoms with van der Waals surface area (Å²) in [6, 6.07) is 28.4. The highest BCUT2D eigenvalue weighted by Crippen LogP contribution is 2.33. The first-order valence-corrected chi connectivity index (χ1v) is 18.9. The lowest BCUT2D eigenvalue weighted by molar-refractivity contribution is -0.192. The van der Waals surface area contributed by atoms with E-state index >= 15 is 0 Å². The molecule has 0 bridgehead atoms. The lowest BCUT2D eigenvalue weighted by Gasteiger charge is -2.19.